The highest BCUT2D eigenvalue weighted by atomic mass is 16.8. The van der Waals surface area contributed by atoms with E-state index in [4.69, 9.17) is 23.7 Å². The molecule has 2 fully saturated rings. The lowest BCUT2D eigenvalue weighted by molar-refractivity contribution is -0.162. The van der Waals surface area contributed by atoms with E-state index in [2.05, 4.69) is 0 Å². The quantitative estimate of drug-likeness (QED) is 0.313. The average molecular weight is 400 g/mol. The summed E-state index contributed by atoms with van der Waals surface area (Å²) in [5.74, 6) is -0.967. The highest BCUT2D eigenvalue weighted by Crippen LogP contribution is 2.47. The summed E-state index contributed by atoms with van der Waals surface area (Å²) in [6.07, 6.45) is 2.95. The first kappa shape index (κ1) is 22.6. The number of rotatable bonds is 10. The zero-order chi connectivity index (χ0) is 20.8. The molecule has 0 N–H and O–H groups in total. The van der Waals surface area contributed by atoms with Crippen molar-refractivity contribution in [2.75, 3.05) is 26.4 Å². The summed E-state index contributed by atoms with van der Waals surface area (Å²) in [6, 6.07) is 0. The first-order chi connectivity index (χ1) is 13.2. The van der Waals surface area contributed by atoms with Crippen LogP contribution in [0.3, 0.4) is 0 Å². The molecule has 1 saturated carbocycles. The molecule has 0 aromatic carbocycles. The Morgan fingerprint density at radius 1 is 0.857 bits per heavy atom. The van der Waals surface area contributed by atoms with Crippen molar-refractivity contribution in [1.29, 1.82) is 0 Å². The van der Waals surface area contributed by atoms with Gasteiger partial charge < -0.3 is 23.7 Å². The minimum atomic E-state index is -0.432. The number of hydrogen-bond donors (Lipinski definition) is 0. The predicted molar refractivity (Wildman–Crippen MR) is 98.1 cm³/mol. The van der Waals surface area contributed by atoms with E-state index in [1.807, 2.05) is 6.92 Å². The van der Waals surface area contributed by atoms with Crippen LogP contribution in [0.1, 0.15) is 59.8 Å². The fourth-order valence-corrected chi connectivity index (χ4v) is 3.42. The maximum absolute atomic E-state index is 11.7. The molecule has 2 aliphatic rings. The number of esters is 3. The second kappa shape index (κ2) is 9.69. The van der Waals surface area contributed by atoms with Crippen molar-refractivity contribution in [3.63, 3.8) is 0 Å². The molecule has 2 unspecified atom stereocenters. The summed E-state index contributed by atoms with van der Waals surface area (Å²) in [6.45, 7) is 7.53. The monoisotopic (exact) mass is 400 g/mol. The smallest absolute Gasteiger partial charge is 0.305 e. The van der Waals surface area contributed by atoms with Gasteiger partial charge in [-0.1, -0.05) is 6.92 Å². The van der Waals surface area contributed by atoms with E-state index in [0.717, 1.165) is 0 Å². The van der Waals surface area contributed by atoms with E-state index in [-0.39, 0.29) is 55.5 Å². The van der Waals surface area contributed by atoms with Gasteiger partial charge in [0.25, 0.3) is 0 Å². The third kappa shape index (κ3) is 6.74. The van der Waals surface area contributed by atoms with Gasteiger partial charge >= 0.3 is 17.9 Å². The topological polar surface area (TPSA) is 101 Å². The normalized spacial score (nSPS) is 24.9. The van der Waals surface area contributed by atoms with Crippen LogP contribution in [0, 0.1) is 10.8 Å². The van der Waals surface area contributed by atoms with Gasteiger partial charge in [-0.3, -0.25) is 14.4 Å². The zero-order valence-electron chi connectivity index (χ0n) is 17.3. The molecule has 0 amide bonds. The molecule has 0 radical (unpaired) electrons. The van der Waals surface area contributed by atoms with Crippen molar-refractivity contribution in [2.24, 2.45) is 10.8 Å². The van der Waals surface area contributed by atoms with E-state index < -0.39 is 5.41 Å². The third-order valence-electron chi connectivity index (χ3n) is 5.57. The Hall–Kier alpha value is -1.67. The molecule has 2 atom stereocenters. The molecule has 1 saturated heterocycles. The van der Waals surface area contributed by atoms with Crippen LogP contribution in [-0.2, 0) is 38.1 Å². The van der Waals surface area contributed by atoms with Gasteiger partial charge in [-0.2, -0.15) is 0 Å². The van der Waals surface area contributed by atoms with Crippen LogP contribution in [0.5, 0.6) is 0 Å². The molecule has 1 aliphatic carbocycles. The fraction of sp³-hybridized carbons (Fsp3) is 0.850. The first-order valence-electron chi connectivity index (χ1n) is 9.89. The Morgan fingerprint density at radius 2 is 1.29 bits per heavy atom. The van der Waals surface area contributed by atoms with Crippen LogP contribution in [0.15, 0.2) is 0 Å². The molecule has 2 rings (SSSR count). The van der Waals surface area contributed by atoms with Crippen LogP contribution >= 0.6 is 0 Å². The number of carbonyl (C=O) groups excluding carboxylic acids is 3. The minimum absolute atomic E-state index is 0.0888. The Bertz CT molecular complexity index is 545. The van der Waals surface area contributed by atoms with E-state index in [9.17, 15) is 14.4 Å². The summed E-state index contributed by atoms with van der Waals surface area (Å²) >= 11 is 0. The van der Waals surface area contributed by atoms with Gasteiger partial charge in [0.15, 0.2) is 6.29 Å². The van der Waals surface area contributed by atoms with E-state index in [0.29, 0.717) is 38.7 Å². The van der Waals surface area contributed by atoms with E-state index in [1.165, 1.54) is 13.8 Å². The molecule has 0 spiro atoms. The van der Waals surface area contributed by atoms with Gasteiger partial charge in [-0.15, -0.1) is 0 Å². The van der Waals surface area contributed by atoms with Crippen molar-refractivity contribution in [1.82, 2.24) is 0 Å². The summed E-state index contributed by atoms with van der Waals surface area (Å²) in [5.41, 5.74) is -0.759. The van der Waals surface area contributed by atoms with Gasteiger partial charge in [-0.05, 0) is 32.6 Å². The van der Waals surface area contributed by atoms with Crippen molar-refractivity contribution >= 4 is 17.9 Å². The molecular formula is C20H32O8. The van der Waals surface area contributed by atoms with Gasteiger partial charge in [0.05, 0.1) is 13.2 Å². The van der Waals surface area contributed by atoms with Crippen molar-refractivity contribution < 1.29 is 38.1 Å². The molecule has 28 heavy (non-hydrogen) atoms. The second-order valence-corrected chi connectivity index (χ2v) is 8.10. The maximum atomic E-state index is 11.7. The Kier molecular flexibility index (Phi) is 7.83. The highest BCUT2D eigenvalue weighted by Gasteiger charge is 2.47. The lowest BCUT2D eigenvalue weighted by Crippen LogP contribution is -2.45. The Balaban J connectivity index is 2.03. The van der Waals surface area contributed by atoms with Crippen molar-refractivity contribution in [2.45, 2.75) is 72.2 Å². The number of epoxide rings is 1. The maximum Gasteiger partial charge on any atom is 0.305 e. The summed E-state index contributed by atoms with van der Waals surface area (Å²) in [7, 11) is 0. The van der Waals surface area contributed by atoms with Gasteiger partial charge in [0.1, 0.15) is 19.3 Å². The summed E-state index contributed by atoms with van der Waals surface area (Å²) in [4.78, 5) is 34.3. The van der Waals surface area contributed by atoms with Crippen LogP contribution in [0.2, 0.25) is 0 Å². The summed E-state index contributed by atoms with van der Waals surface area (Å²) in [5, 5.41) is 0. The van der Waals surface area contributed by atoms with Crippen LogP contribution in [0.4, 0.5) is 0 Å². The Labute approximate surface area is 166 Å². The SMILES string of the molecule is CCC(=O)OCC1(COC2OC2C)CCC(COC(C)=O)(COC(C)=O)CC1. The standard InChI is InChI=1S/C20H32O8/c1-5-17(23)26-12-20(13-27-18-14(2)28-18)8-6-19(7-9-20,10-24-15(3)21)11-25-16(4)22/h14,18H,5-13H2,1-4H3. The lowest BCUT2D eigenvalue weighted by atomic mass is 9.64. The molecular weight excluding hydrogens is 368 g/mol. The number of carbonyl (C=O) groups is 3. The average Bonchev–Trinajstić information content (AvgIpc) is 3.38. The Morgan fingerprint density at radius 3 is 1.68 bits per heavy atom. The third-order valence-corrected chi connectivity index (χ3v) is 5.57. The molecule has 8 nitrogen and oxygen atoms in total. The molecule has 0 bridgehead atoms. The molecule has 1 heterocycles. The zero-order valence-corrected chi connectivity index (χ0v) is 17.3. The van der Waals surface area contributed by atoms with Gasteiger partial charge in [-0.25, -0.2) is 0 Å². The molecule has 8 heteroatoms. The highest BCUT2D eigenvalue weighted by molar-refractivity contribution is 5.68. The second-order valence-electron chi connectivity index (χ2n) is 8.10. The predicted octanol–water partition coefficient (Wildman–Crippen LogP) is 2.37. The fourth-order valence-electron chi connectivity index (χ4n) is 3.42. The largest absolute Gasteiger partial charge is 0.465 e. The number of hydrogen-bond acceptors (Lipinski definition) is 8. The minimum Gasteiger partial charge on any atom is -0.465 e. The molecule has 160 valence electrons. The molecule has 0 aromatic rings. The lowest BCUT2D eigenvalue weighted by Gasteiger charge is -2.45. The first-order valence-corrected chi connectivity index (χ1v) is 9.89. The van der Waals surface area contributed by atoms with Gasteiger partial charge in [0, 0.05) is 31.1 Å². The van der Waals surface area contributed by atoms with Crippen molar-refractivity contribution in [3.05, 3.63) is 0 Å². The van der Waals surface area contributed by atoms with Gasteiger partial charge in [0.2, 0.25) is 0 Å². The van der Waals surface area contributed by atoms with Crippen LogP contribution in [-0.4, -0.2) is 56.7 Å². The molecule has 0 aromatic heterocycles. The van der Waals surface area contributed by atoms with Crippen LogP contribution < -0.4 is 0 Å². The van der Waals surface area contributed by atoms with E-state index >= 15 is 0 Å². The summed E-state index contributed by atoms with van der Waals surface area (Å²) < 4.78 is 27.1. The number of ether oxygens (including phenoxy) is 5. The molecule has 1 aliphatic heterocycles. The van der Waals surface area contributed by atoms with E-state index in [1.54, 1.807) is 6.92 Å². The van der Waals surface area contributed by atoms with Crippen molar-refractivity contribution in [3.8, 4) is 0 Å². The van der Waals surface area contributed by atoms with Crippen LogP contribution in [0.25, 0.3) is 0 Å².